The van der Waals surface area contributed by atoms with Crippen molar-refractivity contribution in [1.82, 2.24) is 9.88 Å². The first-order valence-corrected chi connectivity index (χ1v) is 11.2. The van der Waals surface area contributed by atoms with Gasteiger partial charge in [-0.3, -0.25) is 4.90 Å². The van der Waals surface area contributed by atoms with Crippen LogP contribution in [0.25, 0.3) is 0 Å². The summed E-state index contributed by atoms with van der Waals surface area (Å²) in [6.45, 7) is 12.0. The summed E-state index contributed by atoms with van der Waals surface area (Å²) in [6, 6.07) is 3.57. The van der Waals surface area contributed by atoms with Crippen LogP contribution >= 0.6 is 0 Å². The highest BCUT2D eigenvalue weighted by atomic mass is 16.7. The molecule has 2 atom stereocenters. The summed E-state index contributed by atoms with van der Waals surface area (Å²) >= 11 is 0. The van der Waals surface area contributed by atoms with Crippen LogP contribution in [-0.2, 0) is 14.2 Å². The number of nitrogens with zero attached hydrogens (tertiary/aromatic N) is 3. The zero-order valence-electron chi connectivity index (χ0n) is 21.3. The Labute approximate surface area is 197 Å². The number of likely N-dealkylation sites (tertiary alicyclic amines) is 1. The van der Waals surface area contributed by atoms with E-state index in [2.05, 4.69) is 20.8 Å². The SMILES string of the molecule is COC(OC)c1nc(N(C)C(=O)OC(C)(C)C)ccc1C1CCN(C(=O)O)C(C(C)(C)C)C1. The Morgan fingerprint density at radius 2 is 1.76 bits per heavy atom. The molecule has 1 aromatic heterocycles. The predicted molar refractivity (Wildman–Crippen MR) is 126 cm³/mol. The Kier molecular flexibility index (Phi) is 8.35. The molecule has 9 nitrogen and oxygen atoms in total. The van der Waals surface area contributed by atoms with E-state index < -0.39 is 24.1 Å². The fraction of sp³-hybridized carbons (Fsp3) is 0.708. The van der Waals surface area contributed by atoms with E-state index in [1.54, 1.807) is 18.0 Å². The number of carbonyl (C=O) groups is 2. The number of piperidine rings is 1. The summed E-state index contributed by atoms with van der Waals surface area (Å²) in [5.74, 6) is 0.485. The van der Waals surface area contributed by atoms with Crippen LogP contribution in [0.4, 0.5) is 15.4 Å². The number of anilines is 1. The lowest BCUT2D eigenvalue weighted by atomic mass is 9.75. The van der Waals surface area contributed by atoms with E-state index >= 15 is 0 Å². The molecule has 0 aliphatic carbocycles. The van der Waals surface area contributed by atoms with Crippen molar-refractivity contribution in [3.8, 4) is 0 Å². The van der Waals surface area contributed by atoms with Gasteiger partial charge in [0.05, 0.1) is 0 Å². The predicted octanol–water partition coefficient (Wildman–Crippen LogP) is 5.02. The third-order valence-electron chi connectivity index (χ3n) is 5.89. The maximum Gasteiger partial charge on any atom is 0.415 e. The molecule has 1 N–H and O–H groups in total. The number of pyridine rings is 1. The van der Waals surface area contributed by atoms with Gasteiger partial charge in [0.1, 0.15) is 17.1 Å². The molecule has 2 unspecified atom stereocenters. The van der Waals surface area contributed by atoms with E-state index in [1.807, 2.05) is 26.8 Å². The first kappa shape index (κ1) is 26.9. The summed E-state index contributed by atoms with van der Waals surface area (Å²) in [6.07, 6.45) is -0.811. The van der Waals surface area contributed by atoms with Gasteiger partial charge in [-0.05, 0) is 56.6 Å². The molecular formula is C24H39N3O6. The normalized spacial score (nSPS) is 19.5. The Hall–Kier alpha value is -2.39. The molecular weight excluding hydrogens is 426 g/mol. The van der Waals surface area contributed by atoms with Gasteiger partial charge < -0.3 is 24.2 Å². The number of aromatic nitrogens is 1. The van der Waals surface area contributed by atoms with Gasteiger partial charge in [-0.1, -0.05) is 26.8 Å². The second kappa shape index (κ2) is 10.3. The van der Waals surface area contributed by atoms with Crippen LogP contribution in [-0.4, -0.2) is 66.6 Å². The third-order valence-corrected chi connectivity index (χ3v) is 5.89. The van der Waals surface area contributed by atoms with Crippen LogP contribution in [0.3, 0.4) is 0 Å². The van der Waals surface area contributed by atoms with Gasteiger partial charge in [0, 0.05) is 33.9 Å². The highest BCUT2D eigenvalue weighted by molar-refractivity contribution is 5.86. The summed E-state index contributed by atoms with van der Waals surface area (Å²) < 4.78 is 16.5. The minimum atomic E-state index is -0.896. The lowest BCUT2D eigenvalue weighted by Gasteiger charge is -2.45. The van der Waals surface area contributed by atoms with E-state index in [1.165, 1.54) is 19.1 Å². The molecule has 9 heteroatoms. The third kappa shape index (κ3) is 6.57. The number of carboxylic acid groups (broad SMARTS) is 1. The number of amides is 2. The second-order valence-corrected chi connectivity index (χ2v) is 10.6. The number of hydrogen-bond acceptors (Lipinski definition) is 6. The zero-order valence-corrected chi connectivity index (χ0v) is 21.3. The summed E-state index contributed by atoms with van der Waals surface area (Å²) in [7, 11) is 4.68. The Bertz CT molecular complexity index is 842. The lowest BCUT2D eigenvalue weighted by molar-refractivity contribution is -0.109. The lowest BCUT2D eigenvalue weighted by Crippen LogP contribution is -2.51. The molecule has 1 aliphatic heterocycles. The van der Waals surface area contributed by atoms with E-state index in [0.29, 0.717) is 30.9 Å². The van der Waals surface area contributed by atoms with E-state index in [0.717, 1.165) is 5.56 Å². The second-order valence-electron chi connectivity index (χ2n) is 10.6. The molecule has 186 valence electrons. The summed E-state index contributed by atoms with van der Waals surface area (Å²) in [5.41, 5.74) is 0.665. The molecule has 2 amide bonds. The Morgan fingerprint density at radius 3 is 2.24 bits per heavy atom. The molecule has 0 bridgehead atoms. The van der Waals surface area contributed by atoms with Crippen LogP contribution in [0.2, 0.25) is 0 Å². The topological polar surface area (TPSA) is 101 Å². The molecule has 2 heterocycles. The minimum Gasteiger partial charge on any atom is -0.465 e. The summed E-state index contributed by atoms with van der Waals surface area (Å²) in [5, 5.41) is 9.70. The molecule has 2 rings (SSSR count). The van der Waals surface area contributed by atoms with Crippen LogP contribution in [0.1, 0.15) is 77.8 Å². The molecule has 0 spiro atoms. The van der Waals surface area contributed by atoms with Crippen LogP contribution < -0.4 is 4.90 Å². The van der Waals surface area contributed by atoms with Crippen LogP contribution in [0.5, 0.6) is 0 Å². The van der Waals surface area contributed by atoms with Crippen molar-refractivity contribution in [3.63, 3.8) is 0 Å². The van der Waals surface area contributed by atoms with Gasteiger partial charge in [-0.2, -0.15) is 0 Å². The quantitative estimate of drug-likeness (QED) is 0.610. The highest BCUT2D eigenvalue weighted by Crippen LogP contribution is 2.41. The van der Waals surface area contributed by atoms with Crippen molar-refractivity contribution >= 4 is 18.0 Å². The highest BCUT2D eigenvalue weighted by Gasteiger charge is 2.40. The van der Waals surface area contributed by atoms with Crippen molar-refractivity contribution in [3.05, 3.63) is 23.4 Å². The molecule has 1 saturated heterocycles. The van der Waals surface area contributed by atoms with Crippen molar-refractivity contribution in [1.29, 1.82) is 0 Å². The molecule has 0 saturated carbocycles. The van der Waals surface area contributed by atoms with Gasteiger partial charge in [0.25, 0.3) is 0 Å². The fourth-order valence-corrected chi connectivity index (χ4v) is 4.24. The smallest absolute Gasteiger partial charge is 0.415 e. The first-order chi connectivity index (χ1) is 15.2. The van der Waals surface area contributed by atoms with Gasteiger partial charge in [-0.25, -0.2) is 14.6 Å². The minimum absolute atomic E-state index is 0.0704. The van der Waals surface area contributed by atoms with Gasteiger partial charge in [0.15, 0.2) is 0 Å². The average molecular weight is 466 g/mol. The summed E-state index contributed by atoms with van der Waals surface area (Å²) in [4.78, 5) is 32.0. The van der Waals surface area contributed by atoms with Gasteiger partial charge in [0.2, 0.25) is 6.29 Å². The first-order valence-electron chi connectivity index (χ1n) is 11.2. The van der Waals surface area contributed by atoms with Crippen LogP contribution in [0, 0.1) is 5.41 Å². The molecule has 0 aromatic carbocycles. The van der Waals surface area contributed by atoms with Crippen molar-refractivity contribution in [2.45, 2.75) is 78.2 Å². The van der Waals surface area contributed by atoms with Crippen molar-refractivity contribution < 1.29 is 28.9 Å². The number of ether oxygens (including phenoxy) is 3. The zero-order chi connectivity index (χ0) is 25.1. The number of rotatable bonds is 5. The number of methoxy groups -OCH3 is 2. The molecule has 1 aromatic rings. The maximum absolute atomic E-state index is 12.6. The number of hydrogen-bond donors (Lipinski definition) is 1. The van der Waals surface area contributed by atoms with Crippen molar-refractivity contribution in [2.24, 2.45) is 5.41 Å². The molecule has 1 aliphatic rings. The largest absolute Gasteiger partial charge is 0.465 e. The van der Waals surface area contributed by atoms with Gasteiger partial charge in [-0.15, -0.1) is 0 Å². The van der Waals surface area contributed by atoms with E-state index in [4.69, 9.17) is 19.2 Å². The average Bonchev–Trinajstić information content (AvgIpc) is 2.71. The van der Waals surface area contributed by atoms with E-state index in [9.17, 15) is 14.7 Å². The standard InChI is InChI=1S/C24H39N3O6/c1-23(2,3)17-14-15(12-13-27(17)21(28)29)16-10-11-18(25-19(16)20(31-8)32-9)26(7)22(30)33-24(4,5)6/h10-11,15,17,20H,12-14H2,1-9H3,(H,28,29). The van der Waals surface area contributed by atoms with Crippen LogP contribution in [0.15, 0.2) is 12.1 Å². The molecule has 1 fully saturated rings. The van der Waals surface area contributed by atoms with E-state index in [-0.39, 0.29) is 17.4 Å². The fourth-order valence-electron chi connectivity index (χ4n) is 4.24. The molecule has 33 heavy (non-hydrogen) atoms. The Balaban J connectivity index is 2.44. The monoisotopic (exact) mass is 465 g/mol. The van der Waals surface area contributed by atoms with Gasteiger partial charge >= 0.3 is 12.2 Å². The number of carbonyl (C=O) groups excluding carboxylic acids is 1. The van der Waals surface area contributed by atoms with Crippen molar-refractivity contribution in [2.75, 3.05) is 32.7 Å². The Morgan fingerprint density at radius 1 is 1.15 bits per heavy atom. The molecule has 0 radical (unpaired) electrons. The maximum atomic E-state index is 12.6.